The highest BCUT2D eigenvalue weighted by atomic mass is 14.8. The second-order valence-electron chi connectivity index (χ2n) is 4.85. The number of nitrogens with zero attached hydrogens (tertiary/aromatic N) is 3. The fourth-order valence-electron chi connectivity index (χ4n) is 2.34. The topological polar surface area (TPSA) is 76.3 Å². The third kappa shape index (κ3) is 2.59. The molecule has 2 heterocycles. The van der Waals surface area contributed by atoms with Crippen molar-refractivity contribution in [3.8, 4) is 23.3 Å². The van der Waals surface area contributed by atoms with Crippen molar-refractivity contribution in [2.24, 2.45) is 0 Å². The van der Waals surface area contributed by atoms with Crippen molar-refractivity contribution in [3.63, 3.8) is 0 Å². The number of aromatic nitrogens is 2. The van der Waals surface area contributed by atoms with Crippen LogP contribution in [0.5, 0.6) is 0 Å². The Morgan fingerprint density at radius 1 is 1.14 bits per heavy atom. The number of rotatable bonds is 3. The van der Waals surface area contributed by atoms with E-state index in [2.05, 4.69) is 16.0 Å². The van der Waals surface area contributed by atoms with Crippen LogP contribution in [0.25, 0.3) is 22.2 Å². The molecule has 4 heteroatoms. The Hall–Kier alpha value is -3.37. The number of pyridine rings is 1. The van der Waals surface area contributed by atoms with Gasteiger partial charge in [-0.2, -0.15) is 10.5 Å². The molecule has 3 aromatic rings. The van der Waals surface area contributed by atoms with Crippen LogP contribution in [0.1, 0.15) is 5.56 Å². The van der Waals surface area contributed by atoms with Crippen molar-refractivity contribution in [1.82, 2.24) is 9.97 Å². The normalized spacial score (nSPS) is 9.91. The standard InChI is InChI=1S/C18H12N4/c19-9-13(10-20)6-7-15-11-21-18-17(15)8-16(12-22-18)14-4-2-1-3-5-14/h1-6,8,11-12H,7H2,(H,21,22). The van der Waals surface area contributed by atoms with Crippen LogP contribution >= 0.6 is 0 Å². The zero-order chi connectivity index (χ0) is 15.4. The van der Waals surface area contributed by atoms with Crippen molar-refractivity contribution in [2.75, 3.05) is 0 Å². The molecule has 0 spiro atoms. The van der Waals surface area contributed by atoms with Gasteiger partial charge < -0.3 is 4.98 Å². The molecule has 0 radical (unpaired) electrons. The smallest absolute Gasteiger partial charge is 0.137 e. The van der Waals surface area contributed by atoms with E-state index in [-0.39, 0.29) is 5.57 Å². The molecule has 22 heavy (non-hydrogen) atoms. The van der Waals surface area contributed by atoms with E-state index in [4.69, 9.17) is 10.5 Å². The maximum Gasteiger partial charge on any atom is 0.137 e. The number of benzene rings is 1. The highest BCUT2D eigenvalue weighted by molar-refractivity contribution is 5.84. The SMILES string of the molecule is N#CC(C#N)=CCc1c[nH]c2ncc(-c3ccccc3)cc12. The summed E-state index contributed by atoms with van der Waals surface area (Å²) in [5.41, 5.74) is 4.09. The molecule has 4 nitrogen and oxygen atoms in total. The highest BCUT2D eigenvalue weighted by Gasteiger charge is 2.06. The van der Waals surface area contributed by atoms with Gasteiger partial charge in [0.15, 0.2) is 0 Å². The van der Waals surface area contributed by atoms with Crippen LogP contribution in [0.15, 0.2) is 60.4 Å². The summed E-state index contributed by atoms with van der Waals surface area (Å²) in [6.07, 6.45) is 5.87. The number of nitriles is 2. The van der Waals surface area contributed by atoms with Gasteiger partial charge in [-0.15, -0.1) is 0 Å². The molecule has 0 amide bonds. The molecule has 0 fully saturated rings. The zero-order valence-corrected chi connectivity index (χ0v) is 11.7. The Kier molecular flexibility index (Phi) is 3.68. The van der Waals surface area contributed by atoms with Gasteiger partial charge in [-0.3, -0.25) is 0 Å². The average molecular weight is 284 g/mol. The van der Waals surface area contributed by atoms with Crippen LogP contribution < -0.4 is 0 Å². The average Bonchev–Trinajstić information content (AvgIpc) is 2.99. The molecule has 2 aromatic heterocycles. The van der Waals surface area contributed by atoms with Gasteiger partial charge in [0.2, 0.25) is 0 Å². The van der Waals surface area contributed by atoms with Crippen LogP contribution in [0.4, 0.5) is 0 Å². The van der Waals surface area contributed by atoms with E-state index in [1.807, 2.05) is 54.9 Å². The Morgan fingerprint density at radius 3 is 2.64 bits per heavy atom. The molecule has 0 aliphatic rings. The minimum absolute atomic E-state index is 0.126. The lowest BCUT2D eigenvalue weighted by atomic mass is 10.0. The second kappa shape index (κ2) is 5.95. The first-order valence-electron chi connectivity index (χ1n) is 6.83. The summed E-state index contributed by atoms with van der Waals surface area (Å²) in [6, 6.07) is 15.9. The van der Waals surface area contributed by atoms with Gasteiger partial charge in [0.1, 0.15) is 23.4 Å². The summed E-state index contributed by atoms with van der Waals surface area (Å²) in [6.45, 7) is 0. The maximum absolute atomic E-state index is 8.80. The van der Waals surface area contributed by atoms with E-state index in [1.165, 1.54) is 0 Å². The lowest BCUT2D eigenvalue weighted by Crippen LogP contribution is -1.84. The van der Waals surface area contributed by atoms with Gasteiger partial charge >= 0.3 is 0 Å². The molecule has 0 saturated carbocycles. The van der Waals surface area contributed by atoms with E-state index in [9.17, 15) is 0 Å². The van der Waals surface area contributed by atoms with Gasteiger partial charge in [0.25, 0.3) is 0 Å². The number of H-pyrrole nitrogens is 1. The van der Waals surface area contributed by atoms with Crippen molar-refractivity contribution in [3.05, 3.63) is 66.0 Å². The Labute approximate surface area is 128 Å². The molecule has 0 atom stereocenters. The molecule has 1 N–H and O–H groups in total. The van der Waals surface area contributed by atoms with Crippen LogP contribution in [0.3, 0.4) is 0 Å². The molecule has 0 aliphatic carbocycles. The van der Waals surface area contributed by atoms with Crippen molar-refractivity contribution in [1.29, 1.82) is 10.5 Å². The van der Waals surface area contributed by atoms with Crippen molar-refractivity contribution in [2.45, 2.75) is 6.42 Å². The van der Waals surface area contributed by atoms with Gasteiger partial charge in [-0.1, -0.05) is 36.4 Å². The summed E-state index contributed by atoms with van der Waals surface area (Å²) < 4.78 is 0. The molecule has 0 aliphatic heterocycles. The van der Waals surface area contributed by atoms with Gasteiger partial charge in [-0.25, -0.2) is 4.98 Å². The lowest BCUT2D eigenvalue weighted by molar-refractivity contribution is 1.26. The molecule has 0 unspecified atom stereocenters. The Morgan fingerprint density at radius 2 is 1.91 bits per heavy atom. The fourth-order valence-corrected chi connectivity index (χ4v) is 2.34. The lowest BCUT2D eigenvalue weighted by Gasteiger charge is -2.02. The van der Waals surface area contributed by atoms with Crippen molar-refractivity contribution < 1.29 is 0 Å². The maximum atomic E-state index is 8.80. The van der Waals surface area contributed by atoms with Crippen LogP contribution in [0.2, 0.25) is 0 Å². The molecule has 1 aromatic carbocycles. The number of fused-ring (bicyclic) bond motifs is 1. The zero-order valence-electron chi connectivity index (χ0n) is 11.7. The van der Waals surface area contributed by atoms with E-state index < -0.39 is 0 Å². The number of hydrogen-bond acceptors (Lipinski definition) is 3. The van der Waals surface area contributed by atoms with Gasteiger partial charge in [0.05, 0.1) is 0 Å². The number of aromatic amines is 1. The van der Waals surface area contributed by atoms with Crippen LogP contribution in [-0.2, 0) is 6.42 Å². The Balaban J connectivity index is 2.02. The third-order valence-corrected chi connectivity index (χ3v) is 3.49. The van der Waals surface area contributed by atoms with Crippen molar-refractivity contribution >= 4 is 11.0 Å². The third-order valence-electron chi connectivity index (χ3n) is 3.49. The van der Waals surface area contributed by atoms with E-state index in [1.54, 1.807) is 6.08 Å². The Bertz CT molecular complexity index is 905. The summed E-state index contributed by atoms with van der Waals surface area (Å²) in [5.74, 6) is 0. The molecule has 0 bridgehead atoms. The van der Waals surface area contributed by atoms with Crippen LogP contribution in [0, 0.1) is 22.7 Å². The first-order valence-corrected chi connectivity index (χ1v) is 6.83. The predicted molar refractivity (Wildman–Crippen MR) is 84.5 cm³/mol. The minimum Gasteiger partial charge on any atom is -0.346 e. The van der Waals surface area contributed by atoms with E-state index in [0.717, 1.165) is 27.7 Å². The fraction of sp³-hybridized carbons (Fsp3) is 0.0556. The number of nitrogens with one attached hydrogen (secondary N) is 1. The molecular formula is C18H12N4. The largest absolute Gasteiger partial charge is 0.346 e. The minimum atomic E-state index is 0.126. The number of hydrogen-bond donors (Lipinski definition) is 1. The first-order chi connectivity index (χ1) is 10.8. The molecule has 104 valence electrons. The monoisotopic (exact) mass is 284 g/mol. The predicted octanol–water partition coefficient (Wildman–Crippen LogP) is 3.75. The highest BCUT2D eigenvalue weighted by Crippen LogP contribution is 2.25. The molecule has 0 saturated heterocycles. The second-order valence-corrected chi connectivity index (χ2v) is 4.85. The van der Waals surface area contributed by atoms with Crippen LogP contribution in [-0.4, -0.2) is 9.97 Å². The summed E-state index contributed by atoms with van der Waals surface area (Å²) >= 11 is 0. The van der Waals surface area contributed by atoms with E-state index in [0.29, 0.717) is 6.42 Å². The first kappa shape index (κ1) is 13.6. The quantitative estimate of drug-likeness (QED) is 0.744. The van der Waals surface area contributed by atoms with Gasteiger partial charge in [-0.05, 0) is 23.6 Å². The van der Waals surface area contributed by atoms with Gasteiger partial charge in [0, 0.05) is 23.3 Å². The molecular weight excluding hydrogens is 272 g/mol. The van der Waals surface area contributed by atoms with E-state index >= 15 is 0 Å². The number of allylic oxidation sites excluding steroid dienone is 2. The summed E-state index contributed by atoms with van der Waals surface area (Å²) in [4.78, 5) is 7.56. The molecule has 3 rings (SSSR count). The summed E-state index contributed by atoms with van der Waals surface area (Å²) in [7, 11) is 0. The summed E-state index contributed by atoms with van der Waals surface area (Å²) in [5, 5.41) is 18.6.